The number of benzene rings is 3. The number of carbonyl (C=O) groups is 1. The largest absolute Gasteiger partial charge is 0.463 e. The second-order valence-corrected chi connectivity index (χ2v) is 7.82. The first kappa shape index (κ1) is 21.6. The smallest absolute Gasteiger partial charge is 0.336 e. The maximum atomic E-state index is 13.7. The number of rotatable bonds is 6. The van der Waals surface area contributed by atoms with Crippen molar-refractivity contribution in [3.63, 3.8) is 0 Å². The molecule has 0 radical (unpaired) electrons. The van der Waals surface area contributed by atoms with E-state index in [-0.39, 0.29) is 24.4 Å². The molecule has 1 unspecified atom stereocenters. The van der Waals surface area contributed by atoms with Crippen LogP contribution in [-0.4, -0.2) is 17.5 Å². The van der Waals surface area contributed by atoms with Crippen molar-refractivity contribution in [3.05, 3.63) is 131 Å². The van der Waals surface area contributed by atoms with Crippen LogP contribution < -0.4 is 0 Å². The molecule has 3 aromatic rings. The molecule has 4 rings (SSSR count). The van der Waals surface area contributed by atoms with E-state index >= 15 is 0 Å². The fraction of sp³-hybridized carbons (Fsp3) is 0.179. The maximum Gasteiger partial charge on any atom is 0.336 e. The Balaban J connectivity index is 1.90. The zero-order valence-electron chi connectivity index (χ0n) is 18.2. The predicted molar refractivity (Wildman–Crippen MR) is 124 cm³/mol. The zero-order chi connectivity index (χ0) is 22.5. The van der Waals surface area contributed by atoms with Crippen LogP contribution in [0.15, 0.2) is 108 Å². The van der Waals surface area contributed by atoms with Crippen LogP contribution in [0.1, 0.15) is 42.6 Å². The second-order valence-electron chi connectivity index (χ2n) is 7.82. The lowest BCUT2D eigenvalue weighted by molar-refractivity contribution is -0.139. The third-order valence-electron chi connectivity index (χ3n) is 5.55. The highest BCUT2D eigenvalue weighted by molar-refractivity contribution is 5.91. The Morgan fingerprint density at radius 1 is 0.938 bits per heavy atom. The number of hydrogen-bond acceptors (Lipinski definition) is 3. The second kappa shape index (κ2) is 9.65. The highest BCUT2D eigenvalue weighted by Crippen LogP contribution is 2.42. The average molecular weight is 428 g/mol. The first-order valence-corrected chi connectivity index (χ1v) is 10.8. The summed E-state index contributed by atoms with van der Waals surface area (Å²) < 4.78 is 19.2. The van der Waals surface area contributed by atoms with Gasteiger partial charge < -0.3 is 9.64 Å². The molecule has 1 atom stereocenters. The number of esters is 1. The zero-order valence-corrected chi connectivity index (χ0v) is 18.2. The van der Waals surface area contributed by atoms with E-state index in [2.05, 4.69) is 35.4 Å². The van der Waals surface area contributed by atoms with Crippen molar-refractivity contribution in [2.75, 3.05) is 6.61 Å². The number of halogens is 1. The molecule has 0 amide bonds. The summed E-state index contributed by atoms with van der Waals surface area (Å²) in [5.74, 6) is -0.675. The van der Waals surface area contributed by atoms with Gasteiger partial charge in [0, 0.05) is 6.20 Å². The van der Waals surface area contributed by atoms with Crippen molar-refractivity contribution in [2.24, 2.45) is 0 Å². The fourth-order valence-corrected chi connectivity index (χ4v) is 4.24. The number of hydrogen-bond donors (Lipinski definition) is 0. The van der Waals surface area contributed by atoms with Crippen LogP contribution in [0.2, 0.25) is 0 Å². The third kappa shape index (κ3) is 4.50. The van der Waals surface area contributed by atoms with Crippen LogP contribution >= 0.6 is 0 Å². The summed E-state index contributed by atoms with van der Waals surface area (Å²) in [7, 11) is 0. The molecule has 0 aromatic heterocycles. The van der Waals surface area contributed by atoms with Gasteiger partial charge in [-0.1, -0.05) is 72.8 Å². The van der Waals surface area contributed by atoms with E-state index in [0.29, 0.717) is 5.57 Å². The van der Waals surface area contributed by atoms with Crippen molar-refractivity contribution in [1.82, 2.24) is 4.90 Å². The summed E-state index contributed by atoms with van der Waals surface area (Å²) in [5.41, 5.74) is 4.50. The van der Waals surface area contributed by atoms with Gasteiger partial charge in [0.15, 0.2) is 0 Å². The van der Waals surface area contributed by atoms with Crippen LogP contribution in [-0.2, 0) is 9.53 Å². The summed E-state index contributed by atoms with van der Waals surface area (Å²) in [5, 5.41) is 0. The summed E-state index contributed by atoms with van der Waals surface area (Å²) in [6, 6.07) is 26.2. The lowest BCUT2D eigenvalue weighted by atomic mass is 9.88. The molecule has 0 bridgehead atoms. The van der Waals surface area contributed by atoms with E-state index in [1.807, 2.05) is 49.4 Å². The lowest BCUT2D eigenvalue weighted by Crippen LogP contribution is -2.35. The molecule has 32 heavy (non-hydrogen) atoms. The summed E-state index contributed by atoms with van der Waals surface area (Å²) in [4.78, 5) is 15.2. The summed E-state index contributed by atoms with van der Waals surface area (Å²) in [6.45, 7) is 4.06. The van der Waals surface area contributed by atoms with Gasteiger partial charge in [0.1, 0.15) is 5.82 Å². The van der Waals surface area contributed by atoms with Crippen LogP contribution in [0.25, 0.3) is 0 Å². The molecular weight excluding hydrogens is 401 g/mol. The van der Waals surface area contributed by atoms with Crippen LogP contribution in [0, 0.1) is 5.82 Å². The van der Waals surface area contributed by atoms with Gasteiger partial charge in [-0.25, -0.2) is 9.18 Å². The van der Waals surface area contributed by atoms with Crippen molar-refractivity contribution < 1.29 is 13.9 Å². The number of allylic oxidation sites excluding steroid dienone is 2. The standard InChI is InChI=1S/C28H26FNO2/c1-3-32-28(31)25-18-20(2)19-30(27(25)23-14-16-24(29)17-15-23)26(21-10-6-4-7-11-21)22-12-8-5-9-13-22/h4-19,26-27H,3H2,1-2H3. The van der Waals surface area contributed by atoms with E-state index in [0.717, 1.165) is 22.3 Å². The Morgan fingerprint density at radius 2 is 1.50 bits per heavy atom. The molecule has 0 N–H and O–H groups in total. The van der Waals surface area contributed by atoms with Gasteiger partial charge in [0.2, 0.25) is 0 Å². The Bertz CT molecular complexity index is 1080. The topological polar surface area (TPSA) is 29.5 Å². The van der Waals surface area contributed by atoms with Crippen molar-refractivity contribution in [3.8, 4) is 0 Å². The predicted octanol–water partition coefficient (Wildman–Crippen LogP) is 6.37. The van der Waals surface area contributed by atoms with Gasteiger partial charge in [0.25, 0.3) is 0 Å². The molecule has 0 saturated carbocycles. The van der Waals surface area contributed by atoms with Gasteiger partial charge in [0.05, 0.1) is 24.3 Å². The van der Waals surface area contributed by atoms with Crippen LogP contribution in [0.4, 0.5) is 4.39 Å². The molecule has 0 saturated heterocycles. The van der Waals surface area contributed by atoms with Gasteiger partial charge in [-0.2, -0.15) is 0 Å². The maximum absolute atomic E-state index is 13.7. The van der Waals surface area contributed by atoms with Crippen molar-refractivity contribution in [1.29, 1.82) is 0 Å². The first-order valence-electron chi connectivity index (χ1n) is 10.8. The molecule has 3 nitrogen and oxygen atoms in total. The molecule has 0 aliphatic carbocycles. The van der Waals surface area contributed by atoms with E-state index in [1.54, 1.807) is 19.1 Å². The van der Waals surface area contributed by atoms with E-state index in [1.165, 1.54) is 12.1 Å². The Kier molecular flexibility index (Phi) is 6.50. The molecule has 0 spiro atoms. The van der Waals surface area contributed by atoms with E-state index in [4.69, 9.17) is 4.74 Å². The molecular formula is C28H26FNO2. The SMILES string of the molecule is CCOC(=O)C1=CC(C)=CN(C(c2ccccc2)c2ccccc2)C1c1ccc(F)cc1. The van der Waals surface area contributed by atoms with Gasteiger partial charge in [-0.15, -0.1) is 0 Å². The highest BCUT2D eigenvalue weighted by Gasteiger charge is 2.35. The minimum absolute atomic E-state index is 0.152. The molecule has 4 heteroatoms. The molecule has 1 heterocycles. The van der Waals surface area contributed by atoms with Gasteiger partial charge >= 0.3 is 5.97 Å². The molecule has 162 valence electrons. The molecule has 0 fully saturated rings. The summed E-state index contributed by atoms with van der Waals surface area (Å²) >= 11 is 0. The number of ether oxygens (including phenoxy) is 1. The molecule has 1 aliphatic heterocycles. The minimum atomic E-state index is -0.427. The van der Waals surface area contributed by atoms with Crippen molar-refractivity contribution in [2.45, 2.75) is 25.9 Å². The Morgan fingerprint density at radius 3 is 2.03 bits per heavy atom. The third-order valence-corrected chi connectivity index (χ3v) is 5.55. The van der Waals surface area contributed by atoms with Crippen LogP contribution in [0.3, 0.4) is 0 Å². The van der Waals surface area contributed by atoms with E-state index < -0.39 is 6.04 Å². The number of carbonyl (C=O) groups excluding carboxylic acids is 1. The quantitative estimate of drug-likeness (QED) is 0.428. The molecule has 3 aromatic carbocycles. The van der Waals surface area contributed by atoms with Crippen LogP contribution in [0.5, 0.6) is 0 Å². The number of nitrogens with zero attached hydrogens (tertiary/aromatic N) is 1. The summed E-state index contributed by atoms with van der Waals surface area (Å²) in [6.07, 6.45) is 3.94. The average Bonchev–Trinajstić information content (AvgIpc) is 2.81. The lowest BCUT2D eigenvalue weighted by Gasteiger charge is -2.41. The Hall–Kier alpha value is -3.66. The van der Waals surface area contributed by atoms with Gasteiger partial charge in [-0.05, 0) is 54.3 Å². The molecule has 1 aliphatic rings. The highest BCUT2D eigenvalue weighted by atomic mass is 19.1. The minimum Gasteiger partial charge on any atom is -0.463 e. The Labute approximate surface area is 188 Å². The van der Waals surface area contributed by atoms with E-state index in [9.17, 15) is 9.18 Å². The first-order chi connectivity index (χ1) is 15.6. The fourth-order valence-electron chi connectivity index (χ4n) is 4.24. The van der Waals surface area contributed by atoms with Crippen molar-refractivity contribution >= 4 is 5.97 Å². The van der Waals surface area contributed by atoms with Gasteiger partial charge in [-0.3, -0.25) is 0 Å². The normalized spacial score (nSPS) is 15.9. The monoisotopic (exact) mass is 427 g/mol.